The van der Waals surface area contributed by atoms with Crippen molar-refractivity contribution in [3.05, 3.63) is 22.6 Å². The van der Waals surface area contributed by atoms with Crippen molar-refractivity contribution in [3.8, 4) is 0 Å². The number of hydrogen-bond donors (Lipinski definition) is 1. The van der Waals surface area contributed by atoms with Gasteiger partial charge >= 0.3 is 0 Å². The van der Waals surface area contributed by atoms with Crippen molar-refractivity contribution in [3.63, 3.8) is 0 Å². The van der Waals surface area contributed by atoms with Gasteiger partial charge < -0.3 is 9.73 Å². The third-order valence-corrected chi connectivity index (χ3v) is 4.05. The molecule has 0 bridgehead atoms. The van der Waals surface area contributed by atoms with E-state index in [1.165, 1.54) is 6.26 Å². The van der Waals surface area contributed by atoms with Crippen molar-refractivity contribution >= 4 is 37.8 Å². The summed E-state index contributed by atoms with van der Waals surface area (Å²) in [6, 6.07) is 1.63. The van der Waals surface area contributed by atoms with Crippen LogP contribution in [0.5, 0.6) is 0 Å². The Morgan fingerprint density at radius 1 is 1.60 bits per heavy atom. The van der Waals surface area contributed by atoms with Crippen molar-refractivity contribution in [2.75, 3.05) is 0 Å². The first-order chi connectivity index (χ1) is 6.84. The Balaban J connectivity index is 2.77. The molecule has 0 aliphatic carbocycles. The molecule has 0 spiro atoms. The van der Waals surface area contributed by atoms with Gasteiger partial charge in [-0.15, -0.1) is 0 Å². The molecule has 0 fully saturated rings. The minimum Gasteiger partial charge on any atom is -0.457 e. The quantitative estimate of drug-likeness (QED) is 0.859. The zero-order valence-electron chi connectivity index (χ0n) is 8.80. The van der Waals surface area contributed by atoms with Gasteiger partial charge in [0.1, 0.15) is 0 Å². The van der Waals surface area contributed by atoms with Gasteiger partial charge in [0.15, 0.2) is 4.67 Å². The van der Waals surface area contributed by atoms with Crippen LogP contribution in [0, 0.1) is 0 Å². The highest BCUT2D eigenvalue weighted by Crippen LogP contribution is 2.21. The summed E-state index contributed by atoms with van der Waals surface area (Å²) in [4.78, 5) is 12.0. The fourth-order valence-corrected chi connectivity index (χ4v) is 1.45. The number of furan rings is 1. The van der Waals surface area contributed by atoms with E-state index in [0.29, 0.717) is 10.2 Å². The molecule has 5 heteroatoms. The van der Waals surface area contributed by atoms with Crippen molar-refractivity contribution in [1.82, 2.24) is 5.32 Å². The molecule has 1 N–H and O–H groups in total. The number of halogens is 2. The van der Waals surface area contributed by atoms with Crippen LogP contribution in [0.1, 0.15) is 31.1 Å². The van der Waals surface area contributed by atoms with Gasteiger partial charge in [-0.25, -0.2) is 0 Å². The van der Waals surface area contributed by atoms with Crippen LogP contribution < -0.4 is 5.32 Å². The molecule has 0 saturated carbocycles. The normalized spacial score (nSPS) is 13.7. The molecule has 1 heterocycles. The Labute approximate surface area is 106 Å². The summed E-state index contributed by atoms with van der Waals surface area (Å²) in [6.07, 6.45) is 1.48. The van der Waals surface area contributed by atoms with Gasteiger partial charge in [0.05, 0.1) is 11.8 Å². The molecule has 0 aromatic carbocycles. The van der Waals surface area contributed by atoms with Crippen molar-refractivity contribution < 1.29 is 9.21 Å². The largest absolute Gasteiger partial charge is 0.457 e. The number of hydrogen-bond acceptors (Lipinski definition) is 2. The zero-order chi connectivity index (χ0) is 11.6. The lowest BCUT2D eigenvalue weighted by molar-refractivity contribution is 0.0912. The van der Waals surface area contributed by atoms with Crippen LogP contribution in [-0.2, 0) is 0 Å². The summed E-state index contributed by atoms with van der Waals surface area (Å²) in [7, 11) is 0. The lowest BCUT2D eigenvalue weighted by Gasteiger charge is -2.29. The van der Waals surface area contributed by atoms with Crippen LogP contribution in [0.25, 0.3) is 0 Å². The molecular weight excluding hydrogens is 326 g/mol. The molecule has 1 unspecified atom stereocenters. The molecule has 15 heavy (non-hydrogen) atoms. The smallest absolute Gasteiger partial charge is 0.256 e. The second kappa shape index (κ2) is 4.70. The van der Waals surface area contributed by atoms with Gasteiger partial charge in [0.25, 0.3) is 5.91 Å². The van der Waals surface area contributed by atoms with E-state index in [1.54, 1.807) is 6.07 Å². The Morgan fingerprint density at radius 2 is 2.20 bits per heavy atom. The monoisotopic (exact) mass is 337 g/mol. The molecule has 1 aromatic rings. The number of carbonyl (C=O) groups excluding carboxylic acids is 1. The molecule has 0 radical (unpaired) electrons. The second-order valence-electron chi connectivity index (χ2n) is 3.90. The first-order valence-electron chi connectivity index (χ1n) is 4.54. The summed E-state index contributed by atoms with van der Waals surface area (Å²) in [5.41, 5.74) is 0.199. The highest BCUT2D eigenvalue weighted by molar-refractivity contribution is 9.10. The molecule has 1 aromatic heterocycles. The minimum absolute atomic E-state index is 0.146. The van der Waals surface area contributed by atoms with E-state index in [1.807, 2.05) is 20.8 Å². The van der Waals surface area contributed by atoms with Gasteiger partial charge in [-0.1, -0.05) is 22.9 Å². The number of amides is 1. The van der Waals surface area contributed by atoms with Crippen molar-refractivity contribution in [2.24, 2.45) is 0 Å². The lowest BCUT2D eigenvalue weighted by atomic mass is 10.0. The third-order valence-electron chi connectivity index (χ3n) is 2.29. The highest BCUT2D eigenvalue weighted by atomic mass is 79.9. The van der Waals surface area contributed by atoms with E-state index in [0.717, 1.165) is 0 Å². The minimum atomic E-state index is -0.312. The maximum absolute atomic E-state index is 11.8. The number of carbonyl (C=O) groups is 1. The van der Waals surface area contributed by atoms with E-state index in [9.17, 15) is 4.79 Å². The number of nitrogens with one attached hydrogen (secondary N) is 1. The fourth-order valence-electron chi connectivity index (χ4n) is 0.915. The van der Waals surface area contributed by atoms with Crippen molar-refractivity contribution in [2.45, 2.75) is 31.1 Å². The van der Waals surface area contributed by atoms with Crippen LogP contribution >= 0.6 is 31.9 Å². The first-order valence-corrected chi connectivity index (χ1v) is 6.25. The molecule has 3 nitrogen and oxygen atoms in total. The molecular formula is C10H13Br2NO2. The van der Waals surface area contributed by atoms with Crippen molar-refractivity contribution in [1.29, 1.82) is 0 Å². The van der Waals surface area contributed by atoms with Crippen LogP contribution in [0.2, 0.25) is 0 Å². The standard InChI is InChI=1S/C10H13Br2NO2/c1-6(11)10(2,3)13-9(14)7-4-5-15-8(7)12/h4-6H,1-3H3,(H,13,14). The summed E-state index contributed by atoms with van der Waals surface area (Å²) in [5, 5.41) is 2.92. The van der Waals surface area contributed by atoms with Gasteiger partial charge in [-0.2, -0.15) is 0 Å². The first kappa shape index (κ1) is 12.8. The summed E-state index contributed by atoms with van der Waals surface area (Å²) in [5.74, 6) is -0.146. The van der Waals surface area contributed by atoms with Crippen LogP contribution in [0.3, 0.4) is 0 Å². The average Bonchev–Trinajstić information content (AvgIpc) is 2.50. The van der Waals surface area contributed by atoms with E-state index >= 15 is 0 Å². The molecule has 0 aliphatic rings. The number of rotatable bonds is 3. The number of alkyl halides is 1. The highest BCUT2D eigenvalue weighted by Gasteiger charge is 2.27. The lowest BCUT2D eigenvalue weighted by Crippen LogP contribution is -2.48. The van der Waals surface area contributed by atoms with Gasteiger partial charge in [0.2, 0.25) is 0 Å². The van der Waals surface area contributed by atoms with E-state index in [-0.39, 0.29) is 16.3 Å². The van der Waals surface area contributed by atoms with Crippen LogP contribution in [0.4, 0.5) is 0 Å². The molecule has 0 saturated heterocycles. The Bertz CT molecular complexity index is 358. The fraction of sp³-hybridized carbons (Fsp3) is 0.500. The Morgan fingerprint density at radius 3 is 2.60 bits per heavy atom. The van der Waals surface area contributed by atoms with E-state index in [2.05, 4.69) is 37.2 Å². The van der Waals surface area contributed by atoms with Gasteiger partial charge in [0, 0.05) is 10.4 Å². The van der Waals surface area contributed by atoms with Crippen LogP contribution in [-0.4, -0.2) is 16.3 Å². The molecule has 1 atom stereocenters. The average molecular weight is 339 g/mol. The molecule has 84 valence electrons. The molecule has 1 amide bonds. The second-order valence-corrected chi connectivity index (χ2v) is 5.99. The molecule has 0 aliphatic heterocycles. The maximum atomic E-state index is 11.8. The Kier molecular flexibility index (Phi) is 4.00. The third kappa shape index (κ3) is 3.08. The van der Waals surface area contributed by atoms with E-state index in [4.69, 9.17) is 4.42 Å². The van der Waals surface area contributed by atoms with Crippen LogP contribution in [0.15, 0.2) is 21.4 Å². The summed E-state index contributed by atoms with van der Waals surface area (Å²) < 4.78 is 5.46. The van der Waals surface area contributed by atoms with E-state index < -0.39 is 0 Å². The topological polar surface area (TPSA) is 42.2 Å². The summed E-state index contributed by atoms with van der Waals surface area (Å²) >= 11 is 6.63. The predicted octanol–water partition coefficient (Wildman–Crippen LogP) is 3.33. The maximum Gasteiger partial charge on any atom is 0.256 e. The molecule has 1 rings (SSSR count). The SMILES string of the molecule is CC(Br)C(C)(C)NC(=O)c1ccoc1Br. The zero-order valence-corrected chi connectivity index (χ0v) is 12.0. The summed E-state index contributed by atoms with van der Waals surface area (Å²) in [6.45, 7) is 5.90. The van der Waals surface area contributed by atoms with Gasteiger partial charge in [-0.3, -0.25) is 4.79 Å². The predicted molar refractivity (Wildman–Crippen MR) is 66.3 cm³/mol. The van der Waals surface area contributed by atoms with Gasteiger partial charge in [-0.05, 0) is 35.8 Å². The Hall–Kier alpha value is -0.290.